The minimum Gasteiger partial charge on any atom is -0.480 e. The third-order valence-corrected chi connectivity index (χ3v) is 2.38. The zero-order valence-corrected chi connectivity index (χ0v) is 9.41. The van der Waals surface area contributed by atoms with Crippen molar-refractivity contribution in [2.24, 2.45) is 0 Å². The summed E-state index contributed by atoms with van der Waals surface area (Å²) < 4.78 is 0. The van der Waals surface area contributed by atoms with Crippen molar-refractivity contribution in [1.29, 1.82) is 0 Å². The van der Waals surface area contributed by atoms with E-state index in [1.807, 2.05) is 6.92 Å². The third-order valence-electron chi connectivity index (χ3n) is 2.38. The van der Waals surface area contributed by atoms with Gasteiger partial charge in [-0.1, -0.05) is 13.3 Å². The van der Waals surface area contributed by atoms with Crippen LogP contribution in [0.2, 0.25) is 0 Å². The van der Waals surface area contributed by atoms with Gasteiger partial charge in [0.05, 0.1) is 5.56 Å². The molecule has 16 heavy (non-hydrogen) atoms. The smallest absolute Gasteiger partial charge is 0.326 e. The molecule has 0 aliphatic rings. The van der Waals surface area contributed by atoms with E-state index in [-0.39, 0.29) is 5.91 Å². The van der Waals surface area contributed by atoms with Crippen molar-refractivity contribution in [2.75, 3.05) is 0 Å². The summed E-state index contributed by atoms with van der Waals surface area (Å²) in [5.74, 6) is -1.34. The van der Waals surface area contributed by atoms with E-state index < -0.39 is 12.0 Å². The summed E-state index contributed by atoms with van der Waals surface area (Å²) in [5, 5.41) is 11.4. The molecule has 1 aromatic rings. The van der Waals surface area contributed by atoms with Gasteiger partial charge >= 0.3 is 5.97 Å². The molecule has 0 aromatic carbocycles. The highest BCUT2D eigenvalue weighted by atomic mass is 16.4. The lowest BCUT2D eigenvalue weighted by molar-refractivity contribution is -0.139. The first-order chi connectivity index (χ1) is 7.56. The largest absolute Gasteiger partial charge is 0.480 e. The number of carboxylic acid groups (broad SMARTS) is 1. The van der Waals surface area contributed by atoms with Crippen molar-refractivity contribution in [3.05, 3.63) is 23.5 Å². The standard InChI is InChI=1S/C11H16N2O3/c1-3-4-9(11(15)16)13-10(14)8-5-6-12-7(8)2/h5-6,9,12H,3-4H2,1-2H3,(H,13,14)(H,15,16). The molecule has 1 unspecified atom stereocenters. The number of aliphatic carboxylic acids is 1. The minimum atomic E-state index is -0.997. The van der Waals surface area contributed by atoms with E-state index in [9.17, 15) is 9.59 Å². The zero-order valence-electron chi connectivity index (χ0n) is 9.41. The Morgan fingerprint density at radius 1 is 1.56 bits per heavy atom. The first-order valence-corrected chi connectivity index (χ1v) is 5.24. The lowest BCUT2D eigenvalue weighted by Gasteiger charge is -2.13. The molecule has 0 saturated heterocycles. The second-order valence-electron chi connectivity index (χ2n) is 3.67. The molecular formula is C11H16N2O3. The molecular weight excluding hydrogens is 208 g/mol. The summed E-state index contributed by atoms with van der Waals surface area (Å²) in [6, 6.07) is 0.821. The minimum absolute atomic E-state index is 0.348. The van der Waals surface area contributed by atoms with E-state index in [1.165, 1.54) is 0 Å². The summed E-state index contributed by atoms with van der Waals surface area (Å²) in [7, 11) is 0. The SMILES string of the molecule is CCCC(NC(=O)c1cc[nH]c1C)C(=O)O. The van der Waals surface area contributed by atoms with E-state index in [1.54, 1.807) is 19.2 Å². The number of aryl methyl sites for hydroxylation is 1. The Balaban J connectivity index is 2.69. The number of aromatic amines is 1. The number of amides is 1. The van der Waals surface area contributed by atoms with Crippen LogP contribution in [0.15, 0.2) is 12.3 Å². The highest BCUT2D eigenvalue weighted by Gasteiger charge is 2.20. The van der Waals surface area contributed by atoms with Gasteiger partial charge in [0.25, 0.3) is 5.91 Å². The van der Waals surface area contributed by atoms with Crippen molar-refractivity contribution in [3.8, 4) is 0 Å². The average Bonchev–Trinajstić information content (AvgIpc) is 2.63. The molecule has 5 heteroatoms. The molecule has 1 atom stereocenters. The fourth-order valence-corrected chi connectivity index (χ4v) is 1.48. The van der Waals surface area contributed by atoms with Crippen molar-refractivity contribution in [3.63, 3.8) is 0 Å². The molecule has 0 fully saturated rings. The number of rotatable bonds is 5. The lowest BCUT2D eigenvalue weighted by Crippen LogP contribution is -2.40. The highest BCUT2D eigenvalue weighted by Crippen LogP contribution is 2.06. The summed E-state index contributed by atoms with van der Waals surface area (Å²) in [6.45, 7) is 3.65. The van der Waals surface area contributed by atoms with Crippen LogP contribution in [0, 0.1) is 6.92 Å². The molecule has 1 heterocycles. The molecule has 0 saturated carbocycles. The van der Waals surface area contributed by atoms with Gasteiger partial charge in [-0.25, -0.2) is 4.79 Å². The molecule has 1 amide bonds. The van der Waals surface area contributed by atoms with Crippen LogP contribution in [0.1, 0.15) is 35.8 Å². The van der Waals surface area contributed by atoms with Crippen LogP contribution in [-0.4, -0.2) is 28.0 Å². The van der Waals surface area contributed by atoms with E-state index in [0.717, 1.165) is 5.69 Å². The van der Waals surface area contributed by atoms with Gasteiger partial charge in [-0.3, -0.25) is 4.79 Å². The molecule has 0 aliphatic heterocycles. The van der Waals surface area contributed by atoms with Crippen molar-refractivity contribution in [1.82, 2.24) is 10.3 Å². The first-order valence-electron chi connectivity index (χ1n) is 5.24. The highest BCUT2D eigenvalue weighted by molar-refractivity contribution is 5.97. The maximum absolute atomic E-state index is 11.7. The van der Waals surface area contributed by atoms with Crippen LogP contribution in [-0.2, 0) is 4.79 Å². The van der Waals surface area contributed by atoms with Crippen molar-refractivity contribution in [2.45, 2.75) is 32.7 Å². The topological polar surface area (TPSA) is 82.2 Å². The van der Waals surface area contributed by atoms with E-state index in [4.69, 9.17) is 5.11 Å². The number of aromatic nitrogens is 1. The average molecular weight is 224 g/mol. The fourth-order valence-electron chi connectivity index (χ4n) is 1.48. The predicted molar refractivity (Wildman–Crippen MR) is 59.3 cm³/mol. The number of nitrogens with one attached hydrogen (secondary N) is 2. The summed E-state index contributed by atoms with van der Waals surface area (Å²) in [5.41, 5.74) is 1.22. The molecule has 0 radical (unpaired) electrons. The van der Waals surface area contributed by atoms with Crippen molar-refractivity contribution >= 4 is 11.9 Å². The molecule has 0 aliphatic carbocycles. The lowest BCUT2D eigenvalue weighted by atomic mass is 10.1. The van der Waals surface area contributed by atoms with Gasteiger partial charge in [0.2, 0.25) is 0 Å². The molecule has 1 rings (SSSR count). The van der Waals surface area contributed by atoms with Crippen molar-refractivity contribution < 1.29 is 14.7 Å². The Hall–Kier alpha value is -1.78. The molecule has 88 valence electrons. The van der Waals surface area contributed by atoms with E-state index in [2.05, 4.69) is 10.3 Å². The fraction of sp³-hybridized carbons (Fsp3) is 0.455. The molecule has 3 N–H and O–H groups in total. The van der Waals surface area contributed by atoms with Crippen LogP contribution in [0.5, 0.6) is 0 Å². The Morgan fingerprint density at radius 3 is 2.69 bits per heavy atom. The third kappa shape index (κ3) is 2.85. The van der Waals surface area contributed by atoms with Gasteiger partial charge in [-0.05, 0) is 19.4 Å². The number of carbonyl (C=O) groups excluding carboxylic acids is 1. The van der Waals surface area contributed by atoms with Gasteiger partial charge in [0.1, 0.15) is 6.04 Å². The Bertz CT molecular complexity index is 384. The van der Waals surface area contributed by atoms with Crippen LogP contribution in [0.25, 0.3) is 0 Å². The molecule has 0 bridgehead atoms. The molecule has 5 nitrogen and oxygen atoms in total. The maximum Gasteiger partial charge on any atom is 0.326 e. The second kappa shape index (κ2) is 5.34. The Kier molecular flexibility index (Phi) is 4.10. The van der Waals surface area contributed by atoms with Crippen LogP contribution >= 0.6 is 0 Å². The summed E-state index contributed by atoms with van der Waals surface area (Å²) in [6.07, 6.45) is 2.80. The summed E-state index contributed by atoms with van der Waals surface area (Å²) >= 11 is 0. The van der Waals surface area contributed by atoms with Crippen LogP contribution < -0.4 is 5.32 Å². The van der Waals surface area contributed by atoms with Crippen LogP contribution in [0.3, 0.4) is 0 Å². The Labute approximate surface area is 93.9 Å². The van der Waals surface area contributed by atoms with Gasteiger partial charge in [0, 0.05) is 11.9 Å². The van der Waals surface area contributed by atoms with Gasteiger partial charge in [-0.15, -0.1) is 0 Å². The number of H-pyrrole nitrogens is 1. The van der Waals surface area contributed by atoms with Gasteiger partial charge in [0.15, 0.2) is 0 Å². The summed E-state index contributed by atoms with van der Waals surface area (Å²) in [4.78, 5) is 25.5. The maximum atomic E-state index is 11.7. The van der Waals surface area contributed by atoms with Crippen LogP contribution in [0.4, 0.5) is 0 Å². The monoisotopic (exact) mass is 224 g/mol. The normalized spacial score (nSPS) is 12.1. The number of carbonyl (C=O) groups is 2. The Morgan fingerprint density at radius 2 is 2.25 bits per heavy atom. The number of hydrogen-bond acceptors (Lipinski definition) is 2. The first kappa shape index (κ1) is 12.3. The van der Waals surface area contributed by atoms with Gasteiger partial charge in [-0.2, -0.15) is 0 Å². The quantitative estimate of drug-likeness (QED) is 0.705. The molecule has 1 aromatic heterocycles. The predicted octanol–water partition coefficient (Wildman–Crippen LogP) is 1.31. The van der Waals surface area contributed by atoms with E-state index in [0.29, 0.717) is 18.4 Å². The van der Waals surface area contributed by atoms with E-state index >= 15 is 0 Å². The molecule has 0 spiro atoms. The second-order valence-corrected chi connectivity index (χ2v) is 3.67. The number of hydrogen-bond donors (Lipinski definition) is 3. The zero-order chi connectivity index (χ0) is 12.1. The van der Waals surface area contributed by atoms with Gasteiger partial charge < -0.3 is 15.4 Å². The number of carboxylic acids is 1.